The Balaban J connectivity index is 1.66. The van der Waals surface area contributed by atoms with E-state index in [4.69, 9.17) is 4.42 Å². The summed E-state index contributed by atoms with van der Waals surface area (Å²) in [5.41, 5.74) is 1.61. The van der Waals surface area contributed by atoms with E-state index in [0.29, 0.717) is 16.6 Å². The molecule has 0 aliphatic carbocycles. The molecule has 8 heteroatoms. The SMILES string of the molecule is COC(=O)c1ccc(C(C)SC2=N/C(=C\c3ccccc3)C(=O)N2c2ccc(F)cc2)o1. The Morgan fingerprint density at radius 3 is 2.53 bits per heavy atom. The van der Waals surface area contributed by atoms with Gasteiger partial charge in [-0.3, -0.25) is 9.69 Å². The smallest absolute Gasteiger partial charge is 0.373 e. The monoisotopic (exact) mass is 450 g/mol. The van der Waals surface area contributed by atoms with Gasteiger partial charge < -0.3 is 9.15 Å². The van der Waals surface area contributed by atoms with Gasteiger partial charge in [0, 0.05) is 0 Å². The molecule has 1 aromatic heterocycles. The summed E-state index contributed by atoms with van der Waals surface area (Å²) in [5, 5.41) is 0.159. The Labute approximate surface area is 188 Å². The maximum Gasteiger partial charge on any atom is 0.373 e. The van der Waals surface area contributed by atoms with E-state index >= 15 is 0 Å². The maximum absolute atomic E-state index is 13.5. The lowest BCUT2D eigenvalue weighted by Gasteiger charge is -2.19. The third-order valence-corrected chi connectivity index (χ3v) is 5.78. The summed E-state index contributed by atoms with van der Waals surface area (Å²) in [5.74, 6) is -0.650. The second-order valence-electron chi connectivity index (χ2n) is 6.91. The average Bonchev–Trinajstić information content (AvgIpc) is 3.40. The molecule has 4 rings (SSSR count). The van der Waals surface area contributed by atoms with Crippen LogP contribution in [0.4, 0.5) is 10.1 Å². The number of halogens is 1. The number of benzene rings is 2. The highest BCUT2D eigenvalue weighted by Gasteiger charge is 2.33. The highest BCUT2D eigenvalue weighted by Crippen LogP contribution is 2.37. The van der Waals surface area contributed by atoms with Crippen molar-refractivity contribution in [2.75, 3.05) is 12.0 Å². The van der Waals surface area contributed by atoms with E-state index in [9.17, 15) is 14.0 Å². The average molecular weight is 450 g/mol. The van der Waals surface area contributed by atoms with Gasteiger partial charge in [-0.1, -0.05) is 42.1 Å². The van der Waals surface area contributed by atoms with Gasteiger partial charge in [0.05, 0.1) is 18.0 Å². The van der Waals surface area contributed by atoms with Crippen LogP contribution >= 0.6 is 11.8 Å². The van der Waals surface area contributed by atoms with Gasteiger partial charge in [0.1, 0.15) is 17.3 Å². The molecule has 2 aromatic carbocycles. The summed E-state index contributed by atoms with van der Waals surface area (Å²) in [4.78, 5) is 30.9. The van der Waals surface area contributed by atoms with E-state index < -0.39 is 11.8 Å². The lowest BCUT2D eigenvalue weighted by atomic mass is 10.2. The molecule has 0 saturated heterocycles. The summed E-state index contributed by atoms with van der Waals surface area (Å²) in [7, 11) is 1.28. The Morgan fingerprint density at radius 1 is 1.12 bits per heavy atom. The van der Waals surface area contributed by atoms with Crippen molar-refractivity contribution in [3.05, 3.63) is 95.3 Å². The number of nitrogens with zero attached hydrogens (tertiary/aromatic N) is 2. The molecule has 6 nitrogen and oxygen atoms in total. The second kappa shape index (κ2) is 9.23. The highest BCUT2D eigenvalue weighted by molar-refractivity contribution is 8.14. The van der Waals surface area contributed by atoms with E-state index in [2.05, 4.69) is 9.73 Å². The van der Waals surface area contributed by atoms with Crippen LogP contribution in [0, 0.1) is 5.82 Å². The van der Waals surface area contributed by atoms with Crippen LogP contribution in [0.3, 0.4) is 0 Å². The van der Waals surface area contributed by atoms with Crippen LogP contribution in [0.15, 0.2) is 81.8 Å². The molecule has 0 bridgehead atoms. The molecule has 32 heavy (non-hydrogen) atoms. The van der Waals surface area contributed by atoms with Gasteiger partial charge in [0.15, 0.2) is 5.17 Å². The number of hydrogen-bond acceptors (Lipinski definition) is 6. The number of thioether (sulfide) groups is 1. The minimum Gasteiger partial charge on any atom is -0.463 e. The van der Waals surface area contributed by atoms with Crippen molar-refractivity contribution < 1.29 is 23.1 Å². The summed E-state index contributed by atoms with van der Waals surface area (Å²) in [6.07, 6.45) is 1.71. The van der Waals surface area contributed by atoms with Crippen LogP contribution in [0.5, 0.6) is 0 Å². The molecular weight excluding hydrogens is 431 g/mol. The summed E-state index contributed by atoms with van der Waals surface area (Å²) in [6, 6.07) is 18.3. The minimum absolute atomic E-state index is 0.0967. The number of carbonyl (C=O) groups excluding carboxylic acids is 2. The van der Waals surface area contributed by atoms with Crippen LogP contribution in [-0.2, 0) is 9.53 Å². The molecule has 1 unspecified atom stereocenters. The molecule has 1 aliphatic rings. The number of aliphatic imine (C=N–C) groups is 1. The molecule has 1 aliphatic heterocycles. The summed E-state index contributed by atoms with van der Waals surface area (Å²) < 4.78 is 23.7. The number of ether oxygens (including phenoxy) is 1. The summed E-state index contributed by atoms with van der Waals surface area (Å²) in [6.45, 7) is 1.87. The predicted octanol–water partition coefficient (Wildman–Crippen LogP) is 5.44. The van der Waals surface area contributed by atoms with Gasteiger partial charge in [0.25, 0.3) is 5.91 Å². The van der Waals surface area contributed by atoms with Gasteiger partial charge in [-0.25, -0.2) is 14.2 Å². The molecular formula is C24H19FN2O4S. The number of carbonyl (C=O) groups is 2. The van der Waals surface area contributed by atoms with E-state index in [0.717, 1.165) is 5.56 Å². The number of esters is 1. The fourth-order valence-corrected chi connectivity index (χ4v) is 4.10. The van der Waals surface area contributed by atoms with Crippen LogP contribution in [0.25, 0.3) is 6.08 Å². The van der Waals surface area contributed by atoms with E-state index in [-0.39, 0.29) is 22.6 Å². The van der Waals surface area contributed by atoms with Crippen molar-refractivity contribution >= 4 is 40.6 Å². The third kappa shape index (κ3) is 4.50. The van der Waals surface area contributed by atoms with Crippen molar-refractivity contribution in [2.45, 2.75) is 12.2 Å². The molecule has 3 aromatic rings. The molecule has 0 N–H and O–H groups in total. The lowest BCUT2D eigenvalue weighted by Crippen LogP contribution is -2.30. The normalized spacial score (nSPS) is 15.7. The lowest BCUT2D eigenvalue weighted by molar-refractivity contribution is -0.113. The molecule has 2 heterocycles. The van der Waals surface area contributed by atoms with Crippen molar-refractivity contribution in [1.82, 2.24) is 0 Å². The molecule has 1 atom stereocenters. The van der Waals surface area contributed by atoms with Gasteiger partial charge in [-0.05, 0) is 55.0 Å². The standard InChI is InChI=1S/C24H19FN2O4S/c1-15(20-12-13-21(31-20)23(29)30-2)32-24-26-19(14-16-6-4-3-5-7-16)22(28)27(24)18-10-8-17(25)9-11-18/h3-15H,1-2H3/b19-14-. The number of furan rings is 1. The fraction of sp³-hybridized carbons (Fsp3) is 0.125. The number of methoxy groups -OCH3 is 1. The zero-order chi connectivity index (χ0) is 22.7. The largest absolute Gasteiger partial charge is 0.463 e. The Hall–Kier alpha value is -3.65. The third-order valence-electron chi connectivity index (χ3n) is 4.71. The second-order valence-corrected chi connectivity index (χ2v) is 8.21. The van der Waals surface area contributed by atoms with Gasteiger partial charge in [0.2, 0.25) is 5.76 Å². The first-order valence-electron chi connectivity index (χ1n) is 9.76. The Morgan fingerprint density at radius 2 is 1.84 bits per heavy atom. The van der Waals surface area contributed by atoms with Crippen molar-refractivity contribution in [3.8, 4) is 0 Å². The first-order chi connectivity index (χ1) is 15.5. The molecule has 0 spiro atoms. The van der Waals surface area contributed by atoms with E-state index in [1.54, 1.807) is 12.1 Å². The number of hydrogen-bond donors (Lipinski definition) is 0. The number of rotatable bonds is 5. The number of amidine groups is 1. The topological polar surface area (TPSA) is 72.1 Å². The molecule has 162 valence electrons. The zero-order valence-electron chi connectivity index (χ0n) is 17.3. The first kappa shape index (κ1) is 21.6. The van der Waals surface area contributed by atoms with E-state index in [1.165, 1.54) is 54.1 Å². The van der Waals surface area contributed by atoms with Crippen molar-refractivity contribution in [1.29, 1.82) is 0 Å². The molecule has 1 amide bonds. The molecule has 0 radical (unpaired) electrons. The predicted molar refractivity (Wildman–Crippen MR) is 122 cm³/mol. The highest BCUT2D eigenvalue weighted by atomic mass is 32.2. The molecule has 0 saturated carbocycles. The van der Waals surface area contributed by atoms with Crippen molar-refractivity contribution in [3.63, 3.8) is 0 Å². The van der Waals surface area contributed by atoms with Crippen LogP contribution < -0.4 is 4.90 Å². The molecule has 0 fully saturated rings. The van der Waals surface area contributed by atoms with Gasteiger partial charge >= 0.3 is 5.97 Å². The number of amides is 1. The van der Waals surface area contributed by atoms with Crippen LogP contribution in [0.1, 0.15) is 34.1 Å². The summed E-state index contributed by atoms with van der Waals surface area (Å²) >= 11 is 1.29. The minimum atomic E-state index is -0.567. The van der Waals surface area contributed by atoms with Gasteiger partial charge in [-0.15, -0.1) is 0 Å². The van der Waals surface area contributed by atoms with Gasteiger partial charge in [-0.2, -0.15) is 0 Å². The Kier molecular flexibility index (Phi) is 6.23. The van der Waals surface area contributed by atoms with Crippen LogP contribution in [0.2, 0.25) is 0 Å². The fourth-order valence-electron chi connectivity index (χ4n) is 3.10. The quantitative estimate of drug-likeness (QED) is 0.382. The van der Waals surface area contributed by atoms with Crippen molar-refractivity contribution in [2.24, 2.45) is 4.99 Å². The maximum atomic E-state index is 13.5. The number of anilines is 1. The van der Waals surface area contributed by atoms with Crippen LogP contribution in [-0.4, -0.2) is 24.2 Å². The first-order valence-corrected chi connectivity index (χ1v) is 10.6. The van der Waals surface area contributed by atoms with E-state index in [1.807, 2.05) is 37.3 Å². The zero-order valence-corrected chi connectivity index (χ0v) is 18.1. The Bertz CT molecular complexity index is 1200.